The lowest BCUT2D eigenvalue weighted by atomic mass is 9.96. The lowest BCUT2D eigenvalue weighted by Gasteiger charge is -2.32. The second-order valence-electron chi connectivity index (χ2n) is 7.86. The first kappa shape index (κ1) is 18.5. The van der Waals surface area contributed by atoms with E-state index in [1.54, 1.807) is 16.2 Å². The van der Waals surface area contributed by atoms with Crippen LogP contribution < -0.4 is 15.5 Å². The number of carbonyl (C=O) groups excluding carboxylic acids is 1. The molecule has 3 N–H and O–H groups in total. The van der Waals surface area contributed by atoms with Gasteiger partial charge in [-0.05, 0) is 29.9 Å². The molecule has 0 bridgehead atoms. The summed E-state index contributed by atoms with van der Waals surface area (Å²) in [6, 6.07) is 13.8. The Labute approximate surface area is 166 Å². The number of carbonyl (C=O) groups is 1. The number of urea groups is 1. The van der Waals surface area contributed by atoms with Gasteiger partial charge in [-0.2, -0.15) is 0 Å². The predicted molar refractivity (Wildman–Crippen MR) is 110 cm³/mol. The smallest absolute Gasteiger partial charge is 0.315 e. The third-order valence-electron chi connectivity index (χ3n) is 6.04. The zero-order valence-corrected chi connectivity index (χ0v) is 16.7. The molecule has 144 valence electrons. The number of hydrogen-bond acceptors (Lipinski definition) is 2. The Morgan fingerprint density at radius 3 is 2.70 bits per heavy atom. The molecule has 2 heterocycles. The zero-order valence-electron chi connectivity index (χ0n) is 15.9. The molecule has 2 atom stereocenters. The van der Waals surface area contributed by atoms with Crippen LogP contribution in [0.15, 0.2) is 41.8 Å². The van der Waals surface area contributed by atoms with Crippen molar-refractivity contribution < 1.29 is 9.69 Å². The van der Waals surface area contributed by atoms with Gasteiger partial charge in [-0.3, -0.25) is 0 Å². The van der Waals surface area contributed by atoms with Gasteiger partial charge < -0.3 is 15.5 Å². The molecule has 0 spiro atoms. The summed E-state index contributed by atoms with van der Waals surface area (Å²) in [5.74, 6) is 0. The number of quaternary nitrogens is 1. The molecule has 0 saturated heterocycles. The molecule has 1 aliphatic carbocycles. The van der Waals surface area contributed by atoms with Gasteiger partial charge in [0.15, 0.2) is 0 Å². The maximum absolute atomic E-state index is 12.4. The van der Waals surface area contributed by atoms with Gasteiger partial charge in [-0.1, -0.05) is 49.6 Å². The van der Waals surface area contributed by atoms with E-state index in [9.17, 15) is 4.79 Å². The fourth-order valence-electron chi connectivity index (χ4n) is 4.51. The lowest BCUT2D eigenvalue weighted by molar-refractivity contribution is -0.945. The SMILES string of the molecule is O=C(NC[C@H](c1cccs1)[NH+]1CCc2ccccc2C1)NC1CCCCC1. The van der Waals surface area contributed by atoms with Crippen molar-refractivity contribution in [3.63, 3.8) is 0 Å². The second-order valence-corrected chi connectivity index (χ2v) is 8.84. The highest BCUT2D eigenvalue weighted by atomic mass is 32.1. The van der Waals surface area contributed by atoms with Crippen LogP contribution in [0.5, 0.6) is 0 Å². The molecule has 1 saturated carbocycles. The van der Waals surface area contributed by atoms with E-state index in [2.05, 4.69) is 52.4 Å². The fraction of sp³-hybridized carbons (Fsp3) is 0.500. The van der Waals surface area contributed by atoms with Crippen LogP contribution in [0.4, 0.5) is 4.79 Å². The van der Waals surface area contributed by atoms with Gasteiger partial charge in [-0.15, -0.1) is 11.3 Å². The summed E-state index contributed by atoms with van der Waals surface area (Å²) in [4.78, 5) is 15.4. The Morgan fingerprint density at radius 2 is 1.93 bits per heavy atom. The summed E-state index contributed by atoms with van der Waals surface area (Å²) < 4.78 is 0. The molecule has 2 aliphatic rings. The first-order valence-corrected chi connectivity index (χ1v) is 11.2. The van der Waals surface area contributed by atoms with Crippen molar-refractivity contribution in [2.75, 3.05) is 13.1 Å². The maximum atomic E-state index is 12.4. The Balaban J connectivity index is 1.39. The number of rotatable bonds is 5. The van der Waals surface area contributed by atoms with Crippen molar-refractivity contribution in [2.24, 2.45) is 0 Å². The largest absolute Gasteiger partial charge is 0.335 e. The summed E-state index contributed by atoms with van der Waals surface area (Å²) in [7, 11) is 0. The van der Waals surface area contributed by atoms with Crippen LogP contribution in [-0.2, 0) is 13.0 Å². The summed E-state index contributed by atoms with van der Waals surface area (Å²) >= 11 is 1.80. The highest BCUT2D eigenvalue weighted by Crippen LogP contribution is 2.19. The fourth-order valence-corrected chi connectivity index (χ4v) is 5.40. The number of amides is 2. The van der Waals surface area contributed by atoms with Gasteiger partial charge in [-0.25, -0.2) is 4.79 Å². The summed E-state index contributed by atoms with van der Waals surface area (Å²) in [5.41, 5.74) is 2.93. The van der Waals surface area contributed by atoms with Crippen molar-refractivity contribution in [1.29, 1.82) is 0 Å². The number of benzene rings is 1. The maximum Gasteiger partial charge on any atom is 0.315 e. The quantitative estimate of drug-likeness (QED) is 0.729. The van der Waals surface area contributed by atoms with Crippen LogP contribution in [0.3, 0.4) is 0 Å². The Bertz CT molecular complexity index is 740. The average molecular weight is 385 g/mol. The number of fused-ring (bicyclic) bond motifs is 1. The monoisotopic (exact) mass is 384 g/mol. The minimum Gasteiger partial charge on any atom is -0.335 e. The molecule has 1 unspecified atom stereocenters. The molecular formula is C22H30N3OS+. The molecule has 5 heteroatoms. The highest BCUT2D eigenvalue weighted by Gasteiger charge is 2.29. The van der Waals surface area contributed by atoms with Gasteiger partial charge in [0, 0.05) is 18.0 Å². The first-order chi connectivity index (χ1) is 13.3. The molecule has 1 aromatic heterocycles. The van der Waals surface area contributed by atoms with E-state index in [0.29, 0.717) is 18.6 Å². The summed E-state index contributed by atoms with van der Waals surface area (Å²) in [6.45, 7) is 2.84. The van der Waals surface area contributed by atoms with E-state index < -0.39 is 0 Å². The van der Waals surface area contributed by atoms with E-state index in [4.69, 9.17) is 0 Å². The Kier molecular flexibility index (Phi) is 6.10. The topological polar surface area (TPSA) is 45.6 Å². The van der Waals surface area contributed by atoms with Crippen molar-refractivity contribution in [2.45, 2.75) is 57.2 Å². The normalized spacial score (nSPS) is 21.3. The van der Waals surface area contributed by atoms with E-state index in [1.807, 2.05) is 0 Å². The molecule has 27 heavy (non-hydrogen) atoms. The van der Waals surface area contributed by atoms with Crippen molar-refractivity contribution in [3.8, 4) is 0 Å². The molecule has 1 fully saturated rings. The third-order valence-corrected chi connectivity index (χ3v) is 7.02. The van der Waals surface area contributed by atoms with Crippen molar-refractivity contribution in [3.05, 3.63) is 57.8 Å². The summed E-state index contributed by atoms with van der Waals surface area (Å²) in [5, 5.41) is 8.50. The molecule has 4 nitrogen and oxygen atoms in total. The second kappa shape index (κ2) is 8.89. The van der Waals surface area contributed by atoms with Crippen molar-refractivity contribution in [1.82, 2.24) is 10.6 Å². The van der Waals surface area contributed by atoms with Gasteiger partial charge in [0.1, 0.15) is 12.6 Å². The molecule has 1 aliphatic heterocycles. The van der Waals surface area contributed by atoms with Gasteiger partial charge >= 0.3 is 6.03 Å². The number of nitrogens with one attached hydrogen (secondary N) is 3. The van der Waals surface area contributed by atoms with Gasteiger partial charge in [0.2, 0.25) is 0 Å². The van der Waals surface area contributed by atoms with Gasteiger partial charge in [0.05, 0.1) is 18.0 Å². The van der Waals surface area contributed by atoms with Crippen LogP contribution in [0, 0.1) is 0 Å². The van der Waals surface area contributed by atoms with Crippen LogP contribution in [-0.4, -0.2) is 25.2 Å². The predicted octanol–water partition coefficient (Wildman–Crippen LogP) is 3.06. The van der Waals surface area contributed by atoms with E-state index in [0.717, 1.165) is 32.4 Å². The molecule has 1 aromatic carbocycles. The molecular weight excluding hydrogens is 354 g/mol. The molecule has 0 radical (unpaired) electrons. The number of thiophene rings is 1. The van der Waals surface area contributed by atoms with Gasteiger partial charge in [0.25, 0.3) is 0 Å². The van der Waals surface area contributed by atoms with E-state index >= 15 is 0 Å². The van der Waals surface area contributed by atoms with Crippen LogP contribution >= 0.6 is 11.3 Å². The Hall–Kier alpha value is -1.85. The number of hydrogen-bond donors (Lipinski definition) is 3. The Morgan fingerprint density at radius 1 is 1.11 bits per heavy atom. The average Bonchev–Trinajstić information content (AvgIpc) is 3.23. The van der Waals surface area contributed by atoms with E-state index in [-0.39, 0.29) is 6.03 Å². The van der Waals surface area contributed by atoms with Crippen LogP contribution in [0.2, 0.25) is 0 Å². The standard InChI is InChI=1S/C22H29N3OS/c26-22(24-19-9-2-1-3-10-19)23-15-20(21-11-6-14-27-21)25-13-12-17-7-4-5-8-18(17)16-25/h4-8,11,14,19-20H,1-3,9-10,12-13,15-16H2,(H2,23,24,26)/p+1/t20-/m1/s1. The summed E-state index contributed by atoms with van der Waals surface area (Å²) in [6.07, 6.45) is 7.13. The van der Waals surface area contributed by atoms with E-state index in [1.165, 1.54) is 35.3 Å². The lowest BCUT2D eigenvalue weighted by Crippen LogP contribution is -3.12. The molecule has 2 amide bonds. The first-order valence-electron chi connectivity index (χ1n) is 10.3. The van der Waals surface area contributed by atoms with Crippen LogP contribution in [0.25, 0.3) is 0 Å². The minimum atomic E-state index is 0.000246. The third kappa shape index (κ3) is 4.71. The van der Waals surface area contributed by atoms with Crippen LogP contribution in [0.1, 0.15) is 54.1 Å². The highest BCUT2D eigenvalue weighted by molar-refractivity contribution is 7.10. The molecule has 4 rings (SSSR count). The molecule has 2 aromatic rings. The zero-order chi connectivity index (χ0) is 18.5. The minimum absolute atomic E-state index is 0.000246. The van der Waals surface area contributed by atoms with Crippen molar-refractivity contribution >= 4 is 17.4 Å².